The van der Waals surface area contributed by atoms with Crippen molar-refractivity contribution in [2.45, 2.75) is 12.8 Å². The van der Waals surface area contributed by atoms with Crippen LogP contribution in [0.3, 0.4) is 0 Å². The van der Waals surface area contributed by atoms with Crippen LogP contribution in [0.2, 0.25) is 0 Å². The fourth-order valence-corrected chi connectivity index (χ4v) is 2.16. The Kier molecular flexibility index (Phi) is 5.12. The number of piperazine rings is 1. The maximum absolute atomic E-state index is 12.4. The molecule has 2 amide bonds. The highest BCUT2D eigenvalue weighted by molar-refractivity contribution is 5.80. The number of nitrogens with zero attached hydrogens (tertiary/aromatic N) is 2. The normalized spacial score (nSPS) is 15.5. The molecule has 0 bridgehead atoms. The molecule has 1 saturated heterocycles. The lowest BCUT2D eigenvalue weighted by Crippen LogP contribution is -2.50. The van der Waals surface area contributed by atoms with E-state index in [-0.39, 0.29) is 12.5 Å². The predicted molar refractivity (Wildman–Crippen MR) is 75.1 cm³/mol. The van der Waals surface area contributed by atoms with Crippen LogP contribution >= 0.6 is 0 Å². The summed E-state index contributed by atoms with van der Waals surface area (Å²) in [6, 6.07) is 4.44. The van der Waals surface area contributed by atoms with Crippen molar-refractivity contribution in [3.8, 4) is 0 Å². The number of hydrogen-bond donors (Lipinski definition) is 0. The van der Waals surface area contributed by atoms with Crippen molar-refractivity contribution in [1.29, 1.82) is 0 Å². The molecule has 0 N–H and O–H groups in total. The number of carbonyl (C=O) groups excluding carboxylic acids is 2. The Balaban J connectivity index is 1.82. The van der Waals surface area contributed by atoms with E-state index in [1.54, 1.807) is 0 Å². The van der Waals surface area contributed by atoms with E-state index in [0.29, 0.717) is 31.7 Å². The van der Waals surface area contributed by atoms with Gasteiger partial charge >= 0.3 is 12.3 Å². The highest BCUT2D eigenvalue weighted by atomic mass is 19.4. The molecule has 125 valence electrons. The van der Waals surface area contributed by atoms with Crippen LogP contribution in [0.15, 0.2) is 24.3 Å². The van der Waals surface area contributed by atoms with Crippen molar-refractivity contribution < 1.29 is 27.5 Å². The highest BCUT2D eigenvalue weighted by Crippen LogP contribution is 2.29. The lowest BCUT2D eigenvalue weighted by Gasteiger charge is -2.33. The van der Waals surface area contributed by atoms with Gasteiger partial charge in [0.1, 0.15) is 6.61 Å². The molecule has 2 rings (SSSR count). The second-order valence-corrected chi connectivity index (χ2v) is 5.12. The first-order valence-electron chi connectivity index (χ1n) is 6.96. The molecule has 23 heavy (non-hydrogen) atoms. The number of hydrogen-bond acceptors (Lipinski definition) is 3. The molecule has 0 spiro atoms. The molecule has 0 aromatic heterocycles. The van der Waals surface area contributed by atoms with Gasteiger partial charge in [0.05, 0.1) is 5.56 Å². The first kappa shape index (κ1) is 17.1. The Bertz CT molecular complexity index is 564. The molecule has 0 aliphatic carbocycles. The summed E-state index contributed by atoms with van der Waals surface area (Å²) in [6.07, 6.45) is -4.94. The van der Waals surface area contributed by atoms with Gasteiger partial charge in [0.15, 0.2) is 0 Å². The van der Waals surface area contributed by atoms with Crippen molar-refractivity contribution >= 4 is 12.0 Å². The molecule has 1 aliphatic heterocycles. The third kappa shape index (κ3) is 4.61. The number of carbonyl (C=O) groups is 2. The molecular formula is C15H16F3N2O3. The molecule has 0 atom stereocenters. The Morgan fingerprint density at radius 1 is 1.04 bits per heavy atom. The van der Waals surface area contributed by atoms with Crippen LogP contribution < -0.4 is 0 Å². The number of rotatable bonds is 2. The van der Waals surface area contributed by atoms with E-state index >= 15 is 0 Å². The van der Waals surface area contributed by atoms with Gasteiger partial charge in [-0.05, 0) is 17.7 Å². The van der Waals surface area contributed by atoms with Crippen LogP contribution in [0.1, 0.15) is 11.1 Å². The minimum absolute atomic E-state index is 0.106. The number of amides is 2. The van der Waals surface area contributed by atoms with Gasteiger partial charge < -0.3 is 14.5 Å². The van der Waals surface area contributed by atoms with Crippen molar-refractivity contribution in [3.63, 3.8) is 0 Å². The third-order valence-electron chi connectivity index (χ3n) is 3.53. The third-order valence-corrected chi connectivity index (χ3v) is 3.53. The molecule has 1 aliphatic rings. The van der Waals surface area contributed by atoms with E-state index in [4.69, 9.17) is 4.74 Å². The summed E-state index contributed by atoms with van der Waals surface area (Å²) >= 11 is 0. The average Bonchev–Trinajstić information content (AvgIpc) is 2.52. The van der Waals surface area contributed by atoms with Gasteiger partial charge in [-0.25, -0.2) is 4.79 Å². The molecule has 1 radical (unpaired) electrons. The largest absolute Gasteiger partial charge is 0.445 e. The summed E-state index contributed by atoms with van der Waals surface area (Å²) in [7, 11) is 0. The Morgan fingerprint density at radius 2 is 1.57 bits per heavy atom. The van der Waals surface area contributed by atoms with E-state index in [9.17, 15) is 22.8 Å². The van der Waals surface area contributed by atoms with E-state index in [1.165, 1.54) is 21.9 Å². The molecule has 1 heterocycles. The number of alkyl halides is 3. The predicted octanol–water partition coefficient (Wildman–Crippen LogP) is 2.32. The zero-order valence-electron chi connectivity index (χ0n) is 12.3. The van der Waals surface area contributed by atoms with Crippen molar-refractivity contribution in [2.75, 3.05) is 26.2 Å². The minimum atomic E-state index is -4.39. The molecule has 0 unspecified atom stereocenters. The minimum Gasteiger partial charge on any atom is -0.445 e. The number of benzene rings is 1. The second-order valence-electron chi connectivity index (χ2n) is 5.12. The molecule has 1 aromatic rings. The molecule has 8 heteroatoms. The number of ether oxygens (including phenoxy) is 1. The quantitative estimate of drug-likeness (QED) is 0.837. The van der Waals surface area contributed by atoms with E-state index in [0.717, 1.165) is 12.1 Å². The van der Waals surface area contributed by atoms with Crippen LogP contribution in [0.5, 0.6) is 0 Å². The fraction of sp³-hybridized carbons (Fsp3) is 0.400. The van der Waals surface area contributed by atoms with Gasteiger partial charge in [0.2, 0.25) is 5.91 Å². The van der Waals surface area contributed by atoms with E-state index in [2.05, 4.69) is 6.92 Å². The van der Waals surface area contributed by atoms with Gasteiger partial charge in [-0.15, -0.1) is 0 Å². The summed E-state index contributed by atoms with van der Waals surface area (Å²) in [5.74, 6) is -0.289. The topological polar surface area (TPSA) is 49.9 Å². The lowest BCUT2D eigenvalue weighted by atomic mass is 10.1. The monoisotopic (exact) mass is 329 g/mol. The number of halogens is 3. The zero-order valence-corrected chi connectivity index (χ0v) is 12.3. The Morgan fingerprint density at radius 3 is 2.04 bits per heavy atom. The smallest absolute Gasteiger partial charge is 0.416 e. The Labute approximate surface area is 131 Å². The van der Waals surface area contributed by atoms with Crippen molar-refractivity contribution in [1.82, 2.24) is 9.80 Å². The summed E-state index contributed by atoms with van der Waals surface area (Å²) in [4.78, 5) is 25.9. The first-order valence-corrected chi connectivity index (χ1v) is 6.96. The summed E-state index contributed by atoms with van der Waals surface area (Å²) in [5, 5.41) is 0. The molecule has 1 aromatic carbocycles. The van der Waals surface area contributed by atoms with E-state index < -0.39 is 17.8 Å². The standard InChI is InChI=1S/C15H16F3N2O3/c1-11(21)19-6-8-20(9-7-19)14(22)23-10-12-2-4-13(5-3-12)15(16,17)18/h2-5H,1,6-10H2. The fourth-order valence-electron chi connectivity index (χ4n) is 2.16. The molecular weight excluding hydrogens is 313 g/mol. The van der Waals surface area contributed by atoms with Crippen LogP contribution in [-0.4, -0.2) is 48.0 Å². The van der Waals surface area contributed by atoms with Gasteiger partial charge in [-0.3, -0.25) is 4.79 Å². The summed E-state index contributed by atoms with van der Waals surface area (Å²) in [6.45, 7) is 4.65. The highest BCUT2D eigenvalue weighted by Gasteiger charge is 2.30. The van der Waals surface area contributed by atoms with Gasteiger partial charge in [-0.1, -0.05) is 12.1 Å². The van der Waals surface area contributed by atoms with Gasteiger partial charge in [-0.2, -0.15) is 13.2 Å². The average molecular weight is 329 g/mol. The Hall–Kier alpha value is -2.25. The van der Waals surface area contributed by atoms with Crippen LogP contribution in [0.25, 0.3) is 0 Å². The first-order chi connectivity index (χ1) is 10.8. The van der Waals surface area contributed by atoms with Gasteiger partial charge in [0, 0.05) is 33.1 Å². The maximum Gasteiger partial charge on any atom is 0.416 e. The molecule has 0 saturated carbocycles. The summed E-state index contributed by atoms with van der Waals surface area (Å²) in [5.41, 5.74) is -0.278. The molecule has 5 nitrogen and oxygen atoms in total. The molecule has 1 fully saturated rings. The summed E-state index contributed by atoms with van der Waals surface area (Å²) < 4.78 is 42.4. The zero-order chi connectivity index (χ0) is 17.0. The maximum atomic E-state index is 12.4. The lowest BCUT2D eigenvalue weighted by molar-refractivity contribution is -0.137. The van der Waals surface area contributed by atoms with Crippen molar-refractivity contribution in [3.05, 3.63) is 42.3 Å². The van der Waals surface area contributed by atoms with Gasteiger partial charge in [0.25, 0.3) is 0 Å². The van der Waals surface area contributed by atoms with E-state index in [1.807, 2.05) is 0 Å². The van der Waals surface area contributed by atoms with Crippen molar-refractivity contribution in [2.24, 2.45) is 0 Å². The van der Waals surface area contributed by atoms with Crippen LogP contribution in [0.4, 0.5) is 18.0 Å². The van der Waals surface area contributed by atoms with Crippen LogP contribution in [0, 0.1) is 6.92 Å². The SMILES string of the molecule is [CH2]C(=O)N1CCN(C(=O)OCc2ccc(C(F)(F)F)cc2)CC1. The second kappa shape index (κ2) is 6.89. The van der Waals surface area contributed by atoms with Crippen LogP contribution in [-0.2, 0) is 22.3 Å².